The van der Waals surface area contributed by atoms with Gasteiger partial charge in [0.2, 0.25) is 0 Å². The largest absolute Gasteiger partial charge is 0.466 e. The summed E-state index contributed by atoms with van der Waals surface area (Å²) in [6, 6.07) is 7.34. The molecule has 1 atom stereocenters. The van der Waals surface area contributed by atoms with Gasteiger partial charge in [-0.2, -0.15) is 0 Å². The van der Waals surface area contributed by atoms with E-state index in [1.165, 1.54) is 19.3 Å². The number of amides is 2. The molecule has 2 aliphatic rings. The molecule has 0 aliphatic carbocycles. The van der Waals surface area contributed by atoms with E-state index < -0.39 is 5.60 Å². The van der Waals surface area contributed by atoms with Crippen molar-refractivity contribution in [3.63, 3.8) is 0 Å². The van der Waals surface area contributed by atoms with E-state index in [9.17, 15) is 9.59 Å². The number of ether oxygens (including phenoxy) is 1. The lowest BCUT2D eigenvalue weighted by Gasteiger charge is -2.39. The number of fused-ring (bicyclic) bond motifs is 1. The minimum absolute atomic E-state index is 0.316. The van der Waals surface area contributed by atoms with E-state index in [1.807, 2.05) is 25.1 Å². The number of carbonyl (C=O) groups excluding carboxylic acids is 2. The van der Waals surface area contributed by atoms with Gasteiger partial charge in [0.05, 0.1) is 5.69 Å². The van der Waals surface area contributed by atoms with Crippen molar-refractivity contribution in [1.82, 2.24) is 10.2 Å². The molecule has 1 fully saturated rings. The average molecular weight is 345 g/mol. The van der Waals surface area contributed by atoms with Gasteiger partial charge in [-0.25, -0.2) is 0 Å². The van der Waals surface area contributed by atoms with Gasteiger partial charge in [-0.3, -0.25) is 9.59 Å². The number of likely N-dealkylation sites (N-methyl/N-ethyl adjacent to an activating group) is 1. The van der Waals surface area contributed by atoms with Gasteiger partial charge >= 0.3 is 0 Å². The molecule has 0 bridgehead atoms. The predicted octanol–water partition coefficient (Wildman–Crippen LogP) is 1.79. The molecule has 1 saturated heterocycles. The maximum atomic E-state index is 12.9. The Bertz CT molecular complexity index is 643. The van der Waals surface area contributed by atoms with Crippen LogP contribution in [0.2, 0.25) is 0 Å². The van der Waals surface area contributed by atoms with Crippen molar-refractivity contribution in [2.24, 2.45) is 0 Å². The van der Waals surface area contributed by atoms with Crippen LogP contribution in [0.1, 0.15) is 33.1 Å². The Balaban J connectivity index is 1.67. The van der Waals surface area contributed by atoms with Crippen LogP contribution in [0.15, 0.2) is 24.3 Å². The number of anilines is 1. The topological polar surface area (TPSA) is 61.9 Å². The number of benzene rings is 1. The third kappa shape index (κ3) is 3.49. The molecule has 6 heteroatoms. The molecule has 2 amide bonds. The number of para-hydroxylation sites is 2. The Kier molecular flexibility index (Phi) is 5.27. The van der Waals surface area contributed by atoms with Gasteiger partial charge in [0.1, 0.15) is 5.75 Å². The molecular weight excluding hydrogens is 318 g/mol. The van der Waals surface area contributed by atoms with Crippen LogP contribution in [0.4, 0.5) is 5.69 Å². The number of rotatable bonds is 5. The highest BCUT2D eigenvalue weighted by Gasteiger charge is 2.50. The SMILES string of the molecule is CCN1C(=O)C(C)(C(=O)NCCN2CCCCC2)Oc2ccccc21. The molecule has 0 aromatic heterocycles. The Labute approximate surface area is 149 Å². The van der Waals surface area contributed by atoms with Gasteiger partial charge in [-0.1, -0.05) is 18.6 Å². The molecule has 2 aliphatic heterocycles. The zero-order valence-corrected chi connectivity index (χ0v) is 15.1. The fourth-order valence-corrected chi connectivity index (χ4v) is 3.53. The normalized spacial score (nSPS) is 23.8. The van der Waals surface area contributed by atoms with E-state index in [0.717, 1.165) is 19.6 Å². The highest BCUT2D eigenvalue weighted by Crippen LogP contribution is 2.37. The summed E-state index contributed by atoms with van der Waals surface area (Å²) in [6.45, 7) is 7.46. The zero-order chi connectivity index (χ0) is 17.9. The minimum Gasteiger partial charge on any atom is -0.466 e. The lowest BCUT2D eigenvalue weighted by atomic mass is 10.00. The molecule has 2 heterocycles. The van der Waals surface area contributed by atoms with E-state index in [-0.39, 0.29) is 11.8 Å². The van der Waals surface area contributed by atoms with E-state index in [4.69, 9.17) is 4.74 Å². The molecule has 136 valence electrons. The number of piperidine rings is 1. The summed E-state index contributed by atoms with van der Waals surface area (Å²) in [5.41, 5.74) is -0.805. The van der Waals surface area contributed by atoms with Gasteiger partial charge < -0.3 is 19.9 Å². The summed E-state index contributed by atoms with van der Waals surface area (Å²) in [4.78, 5) is 29.6. The second-order valence-corrected chi connectivity index (χ2v) is 6.81. The summed E-state index contributed by atoms with van der Waals surface area (Å²) >= 11 is 0. The van der Waals surface area contributed by atoms with Crippen LogP contribution >= 0.6 is 0 Å². The Morgan fingerprint density at radius 2 is 1.96 bits per heavy atom. The Morgan fingerprint density at radius 3 is 2.68 bits per heavy atom. The van der Waals surface area contributed by atoms with Crippen LogP contribution in [-0.4, -0.2) is 55.0 Å². The van der Waals surface area contributed by atoms with E-state index in [2.05, 4.69) is 10.2 Å². The number of likely N-dealkylation sites (tertiary alicyclic amines) is 1. The van der Waals surface area contributed by atoms with E-state index in [1.54, 1.807) is 17.9 Å². The van der Waals surface area contributed by atoms with Crippen molar-refractivity contribution < 1.29 is 14.3 Å². The number of carbonyl (C=O) groups is 2. The highest BCUT2D eigenvalue weighted by molar-refractivity contribution is 6.16. The van der Waals surface area contributed by atoms with Crippen LogP contribution in [0.5, 0.6) is 5.75 Å². The van der Waals surface area contributed by atoms with E-state index >= 15 is 0 Å². The second-order valence-electron chi connectivity index (χ2n) is 6.81. The fourth-order valence-electron chi connectivity index (χ4n) is 3.53. The standard InChI is InChI=1S/C19H27N3O3/c1-3-22-15-9-5-6-10-16(15)25-19(2,18(22)24)17(23)20-11-14-21-12-7-4-8-13-21/h5-6,9-10H,3-4,7-8,11-14H2,1-2H3,(H,20,23). The van der Waals surface area contributed by atoms with Crippen molar-refractivity contribution in [2.75, 3.05) is 37.6 Å². The Hall–Kier alpha value is -2.08. The van der Waals surface area contributed by atoms with Gasteiger partial charge in [-0.15, -0.1) is 0 Å². The van der Waals surface area contributed by atoms with Crippen molar-refractivity contribution in [3.8, 4) is 5.75 Å². The number of hydrogen-bond donors (Lipinski definition) is 1. The smallest absolute Gasteiger partial charge is 0.280 e. The summed E-state index contributed by atoms with van der Waals surface area (Å²) in [5.74, 6) is -0.121. The summed E-state index contributed by atoms with van der Waals surface area (Å²) in [6.07, 6.45) is 3.72. The first kappa shape index (κ1) is 17.7. The highest BCUT2D eigenvalue weighted by atomic mass is 16.5. The summed E-state index contributed by atoms with van der Waals surface area (Å²) in [7, 11) is 0. The maximum absolute atomic E-state index is 12.9. The predicted molar refractivity (Wildman–Crippen MR) is 96.8 cm³/mol. The first-order valence-corrected chi connectivity index (χ1v) is 9.17. The van der Waals surface area contributed by atoms with Crippen LogP contribution in [0.25, 0.3) is 0 Å². The molecule has 1 N–H and O–H groups in total. The van der Waals surface area contributed by atoms with Gasteiger partial charge in [-0.05, 0) is 51.9 Å². The molecular formula is C19H27N3O3. The minimum atomic E-state index is -1.52. The number of nitrogens with one attached hydrogen (secondary N) is 1. The molecule has 0 spiro atoms. The second kappa shape index (κ2) is 7.44. The molecule has 1 unspecified atom stereocenters. The van der Waals surface area contributed by atoms with Gasteiger partial charge in [0.25, 0.3) is 17.4 Å². The first-order valence-electron chi connectivity index (χ1n) is 9.17. The molecule has 0 saturated carbocycles. The van der Waals surface area contributed by atoms with Crippen LogP contribution < -0.4 is 15.0 Å². The van der Waals surface area contributed by atoms with Crippen molar-refractivity contribution in [3.05, 3.63) is 24.3 Å². The van der Waals surface area contributed by atoms with Gasteiger partial charge in [0, 0.05) is 19.6 Å². The van der Waals surface area contributed by atoms with Crippen molar-refractivity contribution >= 4 is 17.5 Å². The lowest BCUT2D eigenvalue weighted by Crippen LogP contribution is -2.62. The maximum Gasteiger partial charge on any atom is 0.280 e. The monoisotopic (exact) mass is 345 g/mol. The van der Waals surface area contributed by atoms with Gasteiger partial charge in [0.15, 0.2) is 0 Å². The van der Waals surface area contributed by atoms with E-state index in [0.29, 0.717) is 24.5 Å². The average Bonchev–Trinajstić information content (AvgIpc) is 2.63. The van der Waals surface area contributed by atoms with Crippen molar-refractivity contribution in [1.29, 1.82) is 0 Å². The number of hydrogen-bond acceptors (Lipinski definition) is 4. The molecule has 3 rings (SSSR count). The van der Waals surface area contributed by atoms with Crippen molar-refractivity contribution in [2.45, 2.75) is 38.7 Å². The molecule has 0 radical (unpaired) electrons. The first-order chi connectivity index (χ1) is 12.1. The molecule has 1 aromatic rings. The third-order valence-corrected chi connectivity index (χ3v) is 5.04. The fraction of sp³-hybridized carbons (Fsp3) is 0.579. The third-order valence-electron chi connectivity index (χ3n) is 5.04. The summed E-state index contributed by atoms with van der Waals surface area (Å²) in [5, 5.41) is 2.89. The molecule has 6 nitrogen and oxygen atoms in total. The zero-order valence-electron chi connectivity index (χ0n) is 15.1. The molecule has 25 heavy (non-hydrogen) atoms. The van der Waals surface area contributed by atoms with Crippen LogP contribution in [-0.2, 0) is 9.59 Å². The quantitative estimate of drug-likeness (QED) is 0.827. The summed E-state index contributed by atoms with van der Waals surface area (Å²) < 4.78 is 5.85. The lowest BCUT2D eigenvalue weighted by molar-refractivity contribution is -0.148. The van der Waals surface area contributed by atoms with Crippen LogP contribution in [0, 0.1) is 0 Å². The Morgan fingerprint density at radius 1 is 1.24 bits per heavy atom. The molecule has 1 aromatic carbocycles. The number of nitrogens with zero attached hydrogens (tertiary/aromatic N) is 2. The van der Waals surface area contributed by atoms with Crippen LogP contribution in [0.3, 0.4) is 0 Å².